The summed E-state index contributed by atoms with van der Waals surface area (Å²) in [7, 11) is 0. The lowest BCUT2D eigenvalue weighted by molar-refractivity contribution is 0.00542. The summed E-state index contributed by atoms with van der Waals surface area (Å²) in [6.45, 7) is 2.13. The molecule has 0 aromatic heterocycles. The van der Waals surface area contributed by atoms with E-state index in [4.69, 9.17) is 5.73 Å². The monoisotopic (exact) mass is 176 g/mol. The van der Waals surface area contributed by atoms with E-state index in [2.05, 4.69) is 4.99 Å². The van der Waals surface area contributed by atoms with Crippen LogP contribution in [0.5, 0.6) is 0 Å². The van der Waals surface area contributed by atoms with Crippen molar-refractivity contribution in [1.29, 1.82) is 0 Å². The lowest BCUT2D eigenvalue weighted by Gasteiger charge is -2.07. The highest BCUT2D eigenvalue weighted by atomic mass is 19.3. The molecule has 2 nitrogen and oxygen atoms in total. The van der Waals surface area contributed by atoms with Crippen molar-refractivity contribution in [2.75, 3.05) is 6.54 Å². The Hall–Kier alpha value is -0.670. The quantitative estimate of drug-likeness (QED) is 0.505. The first-order valence-corrected chi connectivity index (χ1v) is 4.14. The molecule has 0 aromatic rings. The van der Waals surface area contributed by atoms with Crippen molar-refractivity contribution in [3.63, 3.8) is 0 Å². The van der Waals surface area contributed by atoms with E-state index in [1.807, 2.05) is 0 Å². The van der Waals surface area contributed by atoms with E-state index >= 15 is 0 Å². The van der Waals surface area contributed by atoms with E-state index in [0.29, 0.717) is 18.8 Å². The van der Waals surface area contributed by atoms with Gasteiger partial charge in [-0.2, -0.15) is 0 Å². The largest absolute Gasteiger partial charge is 0.388 e. The molecule has 70 valence electrons. The average molecular weight is 176 g/mol. The molecule has 0 saturated heterocycles. The van der Waals surface area contributed by atoms with Gasteiger partial charge in [-0.05, 0) is 19.3 Å². The molecule has 2 N–H and O–H groups in total. The number of halogens is 2. The van der Waals surface area contributed by atoms with Gasteiger partial charge in [-0.15, -0.1) is 0 Å². The number of nitrogens with zero attached hydrogens (tertiary/aromatic N) is 1. The van der Waals surface area contributed by atoms with Crippen molar-refractivity contribution in [3.8, 4) is 0 Å². The molecule has 12 heavy (non-hydrogen) atoms. The number of hydrogen-bond acceptors (Lipinski definition) is 1. The fourth-order valence-corrected chi connectivity index (χ4v) is 1.47. The van der Waals surface area contributed by atoms with Crippen LogP contribution in [0.3, 0.4) is 0 Å². The van der Waals surface area contributed by atoms with Crippen LogP contribution in [0.2, 0.25) is 0 Å². The first-order valence-electron chi connectivity index (χ1n) is 4.14. The van der Waals surface area contributed by atoms with E-state index in [-0.39, 0.29) is 18.8 Å². The molecule has 1 aliphatic carbocycles. The van der Waals surface area contributed by atoms with Gasteiger partial charge < -0.3 is 5.73 Å². The van der Waals surface area contributed by atoms with Crippen molar-refractivity contribution in [1.82, 2.24) is 0 Å². The zero-order valence-corrected chi connectivity index (χ0v) is 7.19. The summed E-state index contributed by atoms with van der Waals surface area (Å²) in [5.74, 6) is -1.95. The summed E-state index contributed by atoms with van der Waals surface area (Å²) in [6.07, 6.45) is 0.560. The van der Waals surface area contributed by atoms with Crippen LogP contribution in [0, 0.1) is 5.92 Å². The summed E-state index contributed by atoms with van der Waals surface area (Å²) in [5, 5.41) is 0. The number of amidine groups is 1. The molecule has 1 atom stereocenters. The Labute approximate surface area is 70.9 Å². The Bertz CT molecular complexity index is 185. The molecular formula is C8H14F2N2. The van der Waals surface area contributed by atoms with Crippen LogP contribution in [0.1, 0.15) is 26.2 Å². The molecule has 0 spiro atoms. The third kappa shape index (κ3) is 2.75. The van der Waals surface area contributed by atoms with Crippen LogP contribution < -0.4 is 5.73 Å². The van der Waals surface area contributed by atoms with Crippen LogP contribution in [0.4, 0.5) is 8.78 Å². The molecule has 1 unspecified atom stereocenters. The predicted molar refractivity (Wildman–Crippen MR) is 44.5 cm³/mol. The summed E-state index contributed by atoms with van der Waals surface area (Å²) in [6, 6.07) is 0. The Morgan fingerprint density at radius 1 is 1.67 bits per heavy atom. The molecule has 0 radical (unpaired) electrons. The molecular weight excluding hydrogens is 162 g/mol. The Morgan fingerprint density at radius 2 is 2.33 bits per heavy atom. The van der Waals surface area contributed by atoms with Crippen molar-refractivity contribution in [3.05, 3.63) is 0 Å². The topological polar surface area (TPSA) is 38.4 Å². The van der Waals surface area contributed by atoms with Crippen LogP contribution in [0.25, 0.3) is 0 Å². The molecule has 0 amide bonds. The van der Waals surface area contributed by atoms with Gasteiger partial charge in [0.05, 0.1) is 5.84 Å². The number of alkyl halides is 2. The first-order chi connectivity index (χ1) is 5.49. The molecule has 0 heterocycles. The standard InChI is InChI=1S/C8H14F2N2/c1-6(11)12-5-7-2-3-8(9,10)4-7/h7H,2-5H2,1H3,(H2,11,12). The summed E-state index contributed by atoms with van der Waals surface area (Å²) < 4.78 is 25.3. The fraction of sp³-hybridized carbons (Fsp3) is 0.875. The molecule has 1 fully saturated rings. The van der Waals surface area contributed by atoms with Gasteiger partial charge in [0.15, 0.2) is 0 Å². The summed E-state index contributed by atoms with van der Waals surface area (Å²) in [5.41, 5.74) is 5.30. The lowest BCUT2D eigenvalue weighted by Crippen LogP contribution is -2.12. The molecule has 0 bridgehead atoms. The van der Waals surface area contributed by atoms with Crippen molar-refractivity contribution < 1.29 is 8.78 Å². The molecule has 1 rings (SSSR count). The van der Waals surface area contributed by atoms with Crippen LogP contribution in [0.15, 0.2) is 4.99 Å². The van der Waals surface area contributed by atoms with Crippen LogP contribution in [-0.4, -0.2) is 18.3 Å². The predicted octanol–water partition coefficient (Wildman–Crippen LogP) is 1.80. The second-order valence-corrected chi connectivity index (χ2v) is 3.45. The van der Waals surface area contributed by atoms with Gasteiger partial charge in [0.25, 0.3) is 0 Å². The zero-order valence-electron chi connectivity index (χ0n) is 7.19. The van der Waals surface area contributed by atoms with Crippen LogP contribution >= 0.6 is 0 Å². The van der Waals surface area contributed by atoms with E-state index in [0.717, 1.165) is 0 Å². The van der Waals surface area contributed by atoms with Gasteiger partial charge in [-0.25, -0.2) is 8.78 Å². The lowest BCUT2D eigenvalue weighted by atomic mass is 10.1. The Balaban J connectivity index is 2.34. The second-order valence-electron chi connectivity index (χ2n) is 3.45. The van der Waals surface area contributed by atoms with Crippen molar-refractivity contribution >= 4 is 5.84 Å². The van der Waals surface area contributed by atoms with Gasteiger partial charge in [0.2, 0.25) is 5.92 Å². The zero-order chi connectivity index (χ0) is 9.19. The SMILES string of the molecule is CC(N)=NCC1CCC(F)(F)C1. The number of hydrogen-bond donors (Lipinski definition) is 1. The molecule has 1 aliphatic rings. The average Bonchev–Trinajstić information content (AvgIpc) is 2.26. The van der Waals surface area contributed by atoms with E-state index < -0.39 is 5.92 Å². The van der Waals surface area contributed by atoms with Gasteiger partial charge >= 0.3 is 0 Å². The van der Waals surface area contributed by atoms with Gasteiger partial charge in [-0.1, -0.05) is 0 Å². The van der Waals surface area contributed by atoms with E-state index in [9.17, 15) is 8.78 Å². The van der Waals surface area contributed by atoms with Gasteiger partial charge in [0, 0.05) is 19.4 Å². The van der Waals surface area contributed by atoms with Gasteiger partial charge in [0.1, 0.15) is 0 Å². The third-order valence-corrected chi connectivity index (χ3v) is 2.10. The van der Waals surface area contributed by atoms with E-state index in [1.165, 1.54) is 0 Å². The number of nitrogens with two attached hydrogens (primary N) is 1. The molecule has 0 aliphatic heterocycles. The highest BCUT2D eigenvalue weighted by Gasteiger charge is 2.38. The van der Waals surface area contributed by atoms with Crippen molar-refractivity contribution in [2.24, 2.45) is 16.6 Å². The first kappa shape index (κ1) is 9.42. The Kier molecular flexibility index (Phi) is 2.65. The minimum absolute atomic E-state index is 0.0107. The smallest absolute Gasteiger partial charge is 0.248 e. The minimum Gasteiger partial charge on any atom is -0.388 e. The third-order valence-electron chi connectivity index (χ3n) is 2.10. The van der Waals surface area contributed by atoms with Crippen molar-refractivity contribution in [2.45, 2.75) is 32.1 Å². The molecule has 0 aromatic carbocycles. The number of rotatable bonds is 2. The number of aliphatic imine (C=N–C) groups is 1. The highest BCUT2D eigenvalue weighted by molar-refractivity contribution is 5.77. The fourth-order valence-electron chi connectivity index (χ4n) is 1.47. The van der Waals surface area contributed by atoms with Crippen LogP contribution in [-0.2, 0) is 0 Å². The molecule has 1 saturated carbocycles. The Morgan fingerprint density at radius 3 is 2.75 bits per heavy atom. The maximum absolute atomic E-state index is 12.6. The maximum atomic E-state index is 12.6. The maximum Gasteiger partial charge on any atom is 0.248 e. The summed E-state index contributed by atoms with van der Waals surface area (Å²) >= 11 is 0. The second kappa shape index (κ2) is 3.37. The molecule has 4 heteroatoms. The van der Waals surface area contributed by atoms with Gasteiger partial charge in [-0.3, -0.25) is 4.99 Å². The highest BCUT2D eigenvalue weighted by Crippen LogP contribution is 2.38. The summed E-state index contributed by atoms with van der Waals surface area (Å²) in [4.78, 5) is 3.93. The van der Waals surface area contributed by atoms with E-state index in [1.54, 1.807) is 6.92 Å². The normalized spacial score (nSPS) is 29.2. The minimum atomic E-state index is -2.46.